The lowest BCUT2D eigenvalue weighted by Crippen LogP contribution is -2.33. The zero-order chi connectivity index (χ0) is 15.4. The van der Waals surface area contributed by atoms with Crippen molar-refractivity contribution in [3.05, 3.63) is 83.9 Å². The van der Waals surface area contributed by atoms with Gasteiger partial charge in [-0.3, -0.25) is 0 Å². The summed E-state index contributed by atoms with van der Waals surface area (Å²) in [7, 11) is 0. The van der Waals surface area contributed by atoms with E-state index in [1.165, 1.54) is 6.33 Å². The fourth-order valence-electron chi connectivity index (χ4n) is 2.70. The van der Waals surface area contributed by atoms with Gasteiger partial charge in [0, 0.05) is 6.54 Å². The summed E-state index contributed by atoms with van der Waals surface area (Å²) in [5.74, 6) is 0.548. The molecular weight excluding hydrogens is 274 g/mol. The van der Waals surface area contributed by atoms with Gasteiger partial charge in [-0.2, -0.15) is 5.10 Å². The van der Waals surface area contributed by atoms with Crippen molar-refractivity contribution in [2.24, 2.45) is 0 Å². The number of aliphatic hydroxyl groups is 1. The topological polar surface area (TPSA) is 50.9 Å². The van der Waals surface area contributed by atoms with Crippen LogP contribution in [0.25, 0.3) is 0 Å². The first-order valence-corrected chi connectivity index (χ1v) is 7.48. The van der Waals surface area contributed by atoms with Crippen molar-refractivity contribution >= 4 is 0 Å². The van der Waals surface area contributed by atoms with Gasteiger partial charge in [0.1, 0.15) is 6.33 Å². The molecule has 0 unspecified atom stereocenters. The Morgan fingerprint density at radius 2 is 1.50 bits per heavy atom. The van der Waals surface area contributed by atoms with Crippen molar-refractivity contribution in [2.45, 2.75) is 25.5 Å². The second-order valence-corrected chi connectivity index (χ2v) is 5.25. The molecule has 0 radical (unpaired) electrons. The Hall–Kier alpha value is -2.46. The normalized spacial score (nSPS) is 11.5. The summed E-state index contributed by atoms with van der Waals surface area (Å²) in [6, 6.07) is 19.2. The van der Waals surface area contributed by atoms with Gasteiger partial charge in [0.15, 0.2) is 11.4 Å². The van der Waals surface area contributed by atoms with Crippen LogP contribution in [0.2, 0.25) is 0 Å². The molecule has 0 atom stereocenters. The number of hydrogen-bond donors (Lipinski definition) is 1. The number of aryl methyl sites for hydroxylation is 1. The van der Waals surface area contributed by atoms with Crippen LogP contribution >= 0.6 is 0 Å². The summed E-state index contributed by atoms with van der Waals surface area (Å²) >= 11 is 0. The van der Waals surface area contributed by atoms with Gasteiger partial charge < -0.3 is 5.11 Å². The van der Waals surface area contributed by atoms with Crippen molar-refractivity contribution in [3.63, 3.8) is 0 Å². The molecular formula is C18H19N3O. The van der Waals surface area contributed by atoms with Crippen molar-refractivity contribution in [1.82, 2.24) is 14.8 Å². The maximum Gasteiger partial charge on any atom is 0.174 e. The smallest absolute Gasteiger partial charge is 0.174 e. The Labute approximate surface area is 130 Å². The van der Waals surface area contributed by atoms with Gasteiger partial charge in [0.05, 0.1) is 0 Å². The monoisotopic (exact) mass is 293 g/mol. The molecule has 1 heterocycles. The second-order valence-electron chi connectivity index (χ2n) is 5.25. The first kappa shape index (κ1) is 14.5. The highest BCUT2D eigenvalue weighted by Gasteiger charge is 2.38. The number of aromatic nitrogens is 3. The van der Waals surface area contributed by atoms with Crippen LogP contribution in [0.3, 0.4) is 0 Å². The second kappa shape index (κ2) is 6.12. The van der Waals surface area contributed by atoms with E-state index in [9.17, 15) is 5.11 Å². The molecule has 4 heteroatoms. The summed E-state index contributed by atoms with van der Waals surface area (Å²) < 4.78 is 1.78. The van der Waals surface area contributed by atoms with Gasteiger partial charge in [-0.15, -0.1) is 0 Å². The SMILES string of the molecule is CCCn1ncnc1C(O)(c1ccccc1)c1ccccc1. The Bertz CT molecular complexity index is 683. The third-order valence-corrected chi connectivity index (χ3v) is 3.76. The van der Waals surface area contributed by atoms with E-state index in [-0.39, 0.29) is 0 Å². The van der Waals surface area contributed by atoms with Crippen LogP contribution in [0.5, 0.6) is 0 Å². The van der Waals surface area contributed by atoms with Crippen molar-refractivity contribution in [1.29, 1.82) is 0 Å². The molecule has 0 aliphatic heterocycles. The lowest BCUT2D eigenvalue weighted by Gasteiger charge is -2.28. The van der Waals surface area contributed by atoms with E-state index in [1.807, 2.05) is 60.7 Å². The number of benzene rings is 2. The molecule has 22 heavy (non-hydrogen) atoms. The molecule has 0 aliphatic rings. The van der Waals surface area contributed by atoms with Gasteiger partial charge in [-0.05, 0) is 17.5 Å². The molecule has 0 saturated carbocycles. The van der Waals surface area contributed by atoms with Crippen LogP contribution in [-0.4, -0.2) is 19.9 Å². The summed E-state index contributed by atoms with van der Waals surface area (Å²) in [5.41, 5.74) is 0.256. The van der Waals surface area contributed by atoms with Gasteiger partial charge >= 0.3 is 0 Å². The third kappa shape index (κ3) is 2.42. The molecule has 1 N–H and O–H groups in total. The van der Waals surface area contributed by atoms with Crippen molar-refractivity contribution < 1.29 is 5.11 Å². The Morgan fingerprint density at radius 3 is 2.00 bits per heavy atom. The van der Waals surface area contributed by atoms with Gasteiger partial charge in [0.25, 0.3) is 0 Å². The minimum atomic E-state index is -1.31. The molecule has 0 spiro atoms. The van der Waals surface area contributed by atoms with E-state index in [4.69, 9.17) is 0 Å². The number of nitrogens with zero attached hydrogens (tertiary/aromatic N) is 3. The van der Waals surface area contributed by atoms with Crippen LogP contribution in [-0.2, 0) is 12.1 Å². The van der Waals surface area contributed by atoms with Crippen LogP contribution in [0, 0.1) is 0 Å². The van der Waals surface area contributed by atoms with Crippen molar-refractivity contribution in [2.75, 3.05) is 0 Å². The average Bonchev–Trinajstić information content (AvgIpc) is 3.05. The fourth-order valence-corrected chi connectivity index (χ4v) is 2.70. The summed E-state index contributed by atoms with van der Waals surface area (Å²) in [4.78, 5) is 4.36. The lowest BCUT2D eigenvalue weighted by atomic mass is 9.85. The van der Waals surface area contributed by atoms with Crippen molar-refractivity contribution in [3.8, 4) is 0 Å². The molecule has 3 rings (SSSR count). The fraction of sp³-hybridized carbons (Fsp3) is 0.222. The highest BCUT2D eigenvalue weighted by atomic mass is 16.3. The Morgan fingerprint density at radius 1 is 0.955 bits per heavy atom. The quantitative estimate of drug-likeness (QED) is 0.787. The van der Waals surface area contributed by atoms with E-state index < -0.39 is 5.60 Å². The average molecular weight is 293 g/mol. The highest BCUT2D eigenvalue weighted by Crippen LogP contribution is 2.35. The predicted molar refractivity (Wildman–Crippen MR) is 85.3 cm³/mol. The molecule has 112 valence electrons. The number of hydrogen-bond acceptors (Lipinski definition) is 3. The largest absolute Gasteiger partial charge is 0.373 e. The standard InChI is InChI=1S/C18H19N3O/c1-2-13-21-17(19-14-20-21)18(22,15-9-5-3-6-10-15)16-11-7-4-8-12-16/h3-12,14,22H,2,13H2,1H3. The minimum Gasteiger partial charge on any atom is -0.373 e. The van der Waals surface area contributed by atoms with E-state index >= 15 is 0 Å². The first-order chi connectivity index (χ1) is 10.8. The molecule has 4 nitrogen and oxygen atoms in total. The Balaban J connectivity index is 2.22. The Kier molecular flexibility index (Phi) is 4.02. The summed E-state index contributed by atoms with van der Waals surface area (Å²) in [5, 5.41) is 15.9. The first-order valence-electron chi connectivity index (χ1n) is 7.48. The lowest BCUT2D eigenvalue weighted by molar-refractivity contribution is 0.109. The van der Waals surface area contributed by atoms with E-state index in [0.717, 1.165) is 24.1 Å². The van der Waals surface area contributed by atoms with Crippen LogP contribution in [0.15, 0.2) is 67.0 Å². The summed E-state index contributed by atoms with van der Waals surface area (Å²) in [6.07, 6.45) is 2.43. The molecule has 2 aromatic carbocycles. The van der Waals surface area contributed by atoms with E-state index in [2.05, 4.69) is 17.0 Å². The molecule has 3 aromatic rings. The van der Waals surface area contributed by atoms with Gasteiger partial charge in [-0.25, -0.2) is 9.67 Å². The zero-order valence-corrected chi connectivity index (χ0v) is 12.6. The summed E-state index contributed by atoms with van der Waals surface area (Å²) in [6.45, 7) is 2.80. The third-order valence-electron chi connectivity index (χ3n) is 3.76. The van der Waals surface area contributed by atoms with E-state index in [1.54, 1.807) is 4.68 Å². The minimum absolute atomic E-state index is 0.548. The maximum absolute atomic E-state index is 11.6. The zero-order valence-electron chi connectivity index (χ0n) is 12.6. The molecule has 0 bridgehead atoms. The highest BCUT2D eigenvalue weighted by molar-refractivity contribution is 5.42. The van der Waals surface area contributed by atoms with Crippen LogP contribution in [0.4, 0.5) is 0 Å². The van der Waals surface area contributed by atoms with E-state index in [0.29, 0.717) is 5.82 Å². The molecule has 0 saturated heterocycles. The van der Waals surface area contributed by atoms with Crippen LogP contribution in [0.1, 0.15) is 30.3 Å². The maximum atomic E-state index is 11.6. The van der Waals surface area contributed by atoms with Gasteiger partial charge in [0.2, 0.25) is 0 Å². The van der Waals surface area contributed by atoms with Crippen LogP contribution < -0.4 is 0 Å². The predicted octanol–water partition coefficient (Wildman–Crippen LogP) is 2.97. The molecule has 0 amide bonds. The molecule has 0 aliphatic carbocycles. The molecule has 0 fully saturated rings. The number of rotatable bonds is 5. The molecule has 1 aromatic heterocycles. The van der Waals surface area contributed by atoms with Gasteiger partial charge in [-0.1, -0.05) is 67.6 Å².